The third-order valence-electron chi connectivity index (χ3n) is 3.62. The van der Waals surface area contributed by atoms with Gasteiger partial charge in [0, 0.05) is 6.54 Å². The van der Waals surface area contributed by atoms with Crippen molar-refractivity contribution in [1.82, 2.24) is 9.97 Å². The lowest BCUT2D eigenvalue weighted by Crippen LogP contribution is -2.28. The Kier molecular flexibility index (Phi) is 3.43. The highest BCUT2D eigenvalue weighted by molar-refractivity contribution is 7.16. The molecule has 0 unspecified atom stereocenters. The number of nitrogens with two attached hydrogens (primary N) is 1. The summed E-state index contributed by atoms with van der Waals surface area (Å²) in [6, 6.07) is 2.03. The van der Waals surface area contributed by atoms with Crippen molar-refractivity contribution in [2.24, 2.45) is 11.3 Å². The first-order valence-corrected chi connectivity index (χ1v) is 7.03. The molecule has 0 saturated heterocycles. The summed E-state index contributed by atoms with van der Waals surface area (Å²) < 4.78 is 0. The number of hydrogen-bond acceptors (Lipinski definition) is 5. The number of rotatable bonds is 4. The van der Waals surface area contributed by atoms with E-state index in [1.165, 1.54) is 0 Å². The highest BCUT2D eigenvalue weighted by Gasteiger charge is 2.22. The quantitative estimate of drug-likeness (QED) is 0.888. The van der Waals surface area contributed by atoms with Crippen molar-refractivity contribution in [2.75, 3.05) is 17.6 Å². The monoisotopic (exact) mass is 264 g/mol. The van der Waals surface area contributed by atoms with E-state index in [0.29, 0.717) is 11.9 Å². The second-order valence-electron chi connectivity index (χ2n) is 5.57. The lowest BCUT2D eigenvalue weighted by atomic mass is 9.81. The number of hydrogen-bond donors (Lipinski definition) is 2. The Hall–Kier alpha value is -1.36. The molecule has 0 amide bonds. The molecule has 2 heterocycles. The van der Waals surface area contributed by atoms with Gasteiger partial charge in [-0.25, -0.2) is 4.98 Å². The largest absolute Gasteiger partial charge is 0.369 e. The third-order valence-corrected chi connectivity index (χ3v) is 4.42. The smallest absolute Gasteiger partial charge is 0.223 e. The summed E-state index contributed by atoms with van der Waals surface area (Å²) in [5, 5.41) is 6.47. The van der Waals surface area contributed by atoms with Crippen LogP contribution >= 0.6 is 11.3 Å². The average Bonchev–Trinajstić information content (AvgIpc) is 2.73. The summed E-state index contributed by atoms with van der Waals surface area (Å²) in [4.78, 5) is 9.46. The van der Waals surface area contributed by atoms with Crippen LogP contribution in [0, 0.1) is 11.3 Å². The van der Waals surface area contributed by atoms with Crippen LogP contribution in [0.3, 0.4) is 0 Å². The van der Waals surface area contributed by atoms with Gasteiger partial charge in [-0.1, -0.05) is 27.7 Å². The van der Waals surface area contributed by atoms with Crippen LogP contribution in [-0.2, 0) is 0 Å². The van der Waals surface area contributed by atoms with Crippen LogP contribution < -0.4 is 11.1 Å². The van der Waals surface area contributed by atoms with E-state index in [-0.39, 0.29) is 5.41 Å². The van der Waals surface area contributed by atoms with Crippen LogP contribution in [0.15, 0.2) is 11.4 Å². The molecule has 0 atom stereocenters. The summed E-state index contributed by atoms with van der Waals surface area (Å²) in [6.45, 7) is 9.83. The maximum absolute atomic E-state index is 5.73. The molecule has 2 aromatic rings. The molecule has 0 fully saturated rings. The molecule has 5 heteroatoms. The third kappa shape index (κ3) is 2.56. The van der Waals surface area contributed by atoms with Gasteiger partial charge in [0.1, 0.15) is 10.6 Å². The van der Waals surface area contributed by atoms with Crippen LogP contribution in [0.2, 0.25) is 0 Å². The lowest BCUT2D eigenvalue weighted by molar-refractivity contribution is 0.269. The zero-order valence-corrected chi connectivity index (χ0v) is 12.1. The highest BCUT2D eigenvalue weighted by Crippen LogP contribution is 2.29. The Labute approximate surface area is 112 Å². The summed E-state index contributed by atoms with van der Waals surface area (Å²) in [6.07, 6.45) is 0. The van der Waals surface area contributed by atoms with Gasteiger partial charge < -0.3 is 11.1 Å². The van der Waals surface area contributed by atoms with E-state index in [9.17, 15) is 0 Å². The van der Waals surface area contributed by atoms with Gasteiger partial charge in [0.2, 0.25) is 5.95 Å². The van der Waals surface area contributed by atoms with E-state index < -0.39 is 0 Å². The number of thiophene rings is 1. The molecule has 0 aliphatic carbocycles. The fourth-order valence-electron chi connectivity index (χ4n) is 1.52. The van der Waals surface area contributed by atoms with E-state index in [2.05, 4.69) is 43.0 Å². The maximum Gasteiger partial charge on any atom is 0.223 e. The summed E-state index contributed by atoms with van der Waals surface area (Å²) in [5.41, 5.74) is 5.94. The van der Waals surface area contributed by atoms with Crippen LogP contribution in [0.5, 0.6) is 0 Å². The summed E-state index contributed by atoms with van der Waals surface area (Å²) in [5.74, 6) is 1.77. The van der Waals surface area contributed by atoms with Crippen molar-refractivity contribution in [1.29, 1.82) is 0 Å². The Morgan fingerprint density at radius 2 is 2.11 bits per heavy atom. The van der Waals surface area contributed by atoms with Crippen molar-refractivity contribution in [3.63, 3.8) is 0 Å². The molecule has 2 aromatic heterocycles. The lowest BCUT2D eigenvalue weighted by Gasteiger charge is -2.29. The Morgan fingerprint density at radius 1 is 1.39 bits per heavy atom. The number of nitrogens with zero attached hydrogens (tertiary/aromatic N) is 2. The second-order valence-corrected chi connectivity index (χ2v) is 6.46. The fraction of sp³-hybridized carbons (Fsp3) is 0.538. The highest BCUT2D eigenvalue weighted by atomic mass is 32.1. The number of fused-ring (bicyclic) bond motifs is 1. The SMILES string of the molecule is CC(C)C(C)(C)CNc1nc(N)nc2sccc12. The van der Waals surface area contributed by atoms with E-state index in [1.54, 1.807) is 11.3 Å². The van der Waals surface area contributed by atoms with E-state index >= 15 is 0 Å². The molecular weight excluding hydrogens is 244 g/mol. The molecule has 0 aliphatic rings. The predicted octanol–water partition coefficient (Wildman–Crippen LogP) is 3.37. The summed E-state index contributed by atoms with van der Waals surface area (Å²) in [7, 11) is 0. The standard InChI is InChI=1S/C13H20N4S/c1-8(2)13(3,4)7-15-10-9-5-6-18-11(9)17-12(14)16-10/h5-6,8H,7H2,1-4H3,(H3,14,15,16,17). The minimum absolute atomic E-state index is 0.210. The molecule has 18 heavy (non-hydrogen) atoms. The predicted molar refractivity (Wildman–Crippen MR) is 78.9 cm³/mol. The normalized spacial score (nSPS) is 12.3. The molecule has 0 aliphatic heterocycles. The molecular formula is C13H20N4S. The van der Waals surface area contributed by atoms with E-state index in [0.717, 1.165) is 22.6 Å². The number of nitrogen functional groups attached to an aromatic ring is 1. The molecule has 4 nitrogen and oxygen atoms in total. The number of nitrogens with one attached hydrogen (secondary N) is 1. The van der Waals surface area contributed by atoms with Gasteiger partial charge in [0.05, 0.1) is 5.39 Å². The first-order chi connectivity index (χ1) is 8.40. The zero-order valence-electron chi connectivity index (χ0n) is 11.3. The van der Waals surface area contributed by atoms with Gasteiger partial charge in [-0.2, -0.15) is 4.98 Å². The number of anilines is 2. The van der Waals surface area contributed by atoms with Gasteiger partial charge in [-0.15, -0.1) is 11.3 Å². The van der Waals surface area contributed by atoms with Gasteiger partial charge in [-0.3, -0.25) is 0 Å². The van der Waals surface area contributed by atoms with E-state index in [1.807, 2.05) is 11.4 Å². The van der Waals surface area contributed by atoms with Crippen LogP contribution in [-0.4, -0.2) is 16.5 Å². The molecule has 0 spiro atoms. The van der Waals surface area contributed by atoms with Gasteiger partial charge in [-0.05, 0) is 22.8 Å². The Morgan fingerprint density at radius 3 is 2.78 bits per heavy atom. The second kappa shape index (κ2) is 4.72. The van der Waals surface area contributed by atoms with Crippen LogP contribution in [0.25, 0.3) is 10.2 Å². The Bertz CT molecular complexity index is 545. The molecule has 2 rings (SSSR count). The zero-order chi connectivity index (χ0) is 13.3. The summed E-state index contributed by atoms with van der Waals surface area (Å²) >= 11 is 1.58. The van der Waals surface area contributed by atoms with Crippen molar-refractivity contribution >= 4 is 33.3 Å². The average molecular weight is 264 g/mol. The van der Waals surface area contributed by atoms with Crippen molar-refractivity contribution in [3.8, 4) is 0 Å². The minimum atomic E-state index is 0.210. The number of aromatic nitrogens is 2. The van der Waals surface area contributed by atoms with Crippen LogP contribution in [0.4, 0.5) is 11.8 Å². The van der Waals surface area contributed by atoms with Crippen LogP contribution in [0.1, 0.15) is 27.7 Å². The minimum Gasteiger partial charge on any atom is -0.369 e. The molecule has 0 saturated carbocycles. The molecule has 0 aromatic carbocycles. The first kappa shape index (κ1) is 13.1. The van der Waals surface area contributed by atoms with Crippen molar-refractivity contribution < 1.29 is 0 Å². The van der Waals surface area contributed by atoms with Gasteiger partial charge in [0.25, 0.3) is 0 Å². The molecule has 98 valence electrons. The van der Waals surface area contributed by atoms with Gasteiger partial charge >= 0.3 is 0 Å². The van der Waals surface area contributed by atoms with E-state index in [4.69, 9.17) is 5.73 Å². The maximum atomic E-state index is 5.73. The molecule has 3 N–H and O–H groups in total. The van der Waals surface area contributed by atoms with Gasteiger partial charge in [0.15, 0.2) is 0 Å². The van der Waals surface area contributed by atoms with Crippen molar-refractivity contribution in [3.05, 3.63) is 11.4 Å². The first-order valence-electron chi connectivity index (χ1n) is 6.15. The molecule has 0 bridgehead atoms. The molecule has 0 radical (unpaired) electrons. The Balaban J connectivity index is 2.24. The fourth-order valence-corrected chi connectivity index (χ4v) is 2.29. The van der Waals surface area contributed by atoms with Crippen molar-refractivity contribution in [2.45, 2.75) is 27.7 Å². The topological polar surface area (TPSA) is 63.8 Å².